The number of likely N-dealkylation sites (N-methyl/N-ethyl adjacent to an activating group) is 2. The zero-order valence-electron chi connectivity index (χ0n) is 24.3. The fourth-order valence-electron chi connectivity index (χ4n) is 5.10. The van der Waals surface area contributed by atoms with Crippen LogP contribution in [0.1, 0.15) is 77.5 Å². The molecule has 38 heavy (non-hydrogen) atoms. The summed E-state index contributed by atoms with van der Waals surface area (Å²) in [5.41, 5.74) is 1.88. The van der Waals surface area contributed by atoms with Crippen LogP contribution in [0.15, 0.2) is 59.7 Å². The lowest BCUT2D eigenvalue weighted by atomic mass is 9.82. The molecule has 0 aliphatic carbocycles. The van der Waals surface area contributed by atoms with Crippen molar-refractivity contribution in [3.63, 3.8) is 0 Å². The van der Waals surface area contributed by atoms with Crippen molar-refractivity contribution in [1.29, 1.82) is 0 Å². The van der Waals surface area contributed by atoms with Crippen molar-refractivity contribution in [2.24, 2.45) is 0 Å². The molecule has 2 aromatic carbocycles. The zero-order valence-corrected chi connectivity index (χ0v) is 24.3. The first-order valence-corrected chi connectivity index (χ1v) is 13.8. The lowest BCUT2D eigenvalue weighted by molar-refractivity contribution is -0.00604. The van der Waals surface area contributed by atoms with Crippen molar-refractivity contribution in [2.75, 3.05) is 20.2 Å². The minimum atomic E-state index is -0.880. The molecule has 1 heterocycles. The molecule has 0 saturated carbocycles. The molecular formula is C32H48N2O4. The van der Waals surface area contributed by atoms with Gasteiger partial charge in [-0.05, 0) is 81.2 Å². The Morgan fingerprint density at radius 3 is 2.08 bits per heavy atom. The van der Waals surface area contributed by atoms with Crippen LogP contribution in [-0.4, -0.2) is 42.5 Å². The van der Waals surface area contributed by atoms with Crippen LogP contribution in [0.3, 0.4) is 0 Å². The molecule has 0 aliphatic rings. The molecule has 1 aromatic heterocycles. The van der Waals surface area contributed by atoms with Crippen molar-refractivity contribution in [2.45, 2.75) is 84.1 Å². The number of benzene rings is 2. The summed E-state index contributed by atoms with van der Waals surface area (Å²) in [7, 11) is 1.64. The van der Waals surface area contributed by atoms with Gasteiger partial charge in [0.25, 0.3) is 0 Å². The van der Waals surface area contributed by atoms with Gasteiger partial charge in [0.05, 0.1) is 13.4 Å². The van der Waals surface area contributed by atoms with Gasteiger partial charge in [-0.2, -0.15) is 0 Å². The number of rotatable bonds is 13. The second-order valence-corrected chi connectivity index (χ2v) is 9.84. The predicted molar refractivity (Wildman–Crippen MR) is 159 cm³/mol. The summed E-state index contributed by atoms with van der Waals surface area (Å²) in [6.45, 7) is 17.7. The van der Waals surface area contributed by atoms with Crippen LogP contribution in [0, 0.1) is 0 Å². The zero-order chi connectivity index (χ0) is 28.3. The maximum atomic E-state index is 11.1. The summed E-state index contributed by atoms with van der Waals surface area (Å²) in [4.78, 5) is 0. The summed E-state index contributed by atoms with van der Waals surface area (Å²) in [6, 6.07) is 13.6. The molecule has 0 aliphatic heterocycles. The van der Waals surface area contributed by atoms with Gasteiger partial charge in [-0.1, -0.05) is 58.9 Å². The number of fused-ring (bicyclic) bond motifs is 1. The molecule has 210 valence electrons. The number of aliphatic hydroxyl groups is 2. The number of ether oxygens (including phenoxy) is 1. The molecule has 3 aromatic rings. The van der Waals surface area contributed by atoms with Gasteiger partial charge in [-0.25, -0.2) is 0 Å². The summed E-state index contributed by atoms with van der Waals surface area (Å²) >= 11 is 0. The fraction of sp³-hybridized carbons (Fsp3) is 0.500. The first-order chi connectivity index (χ1) is 18.1. The minimum absolute atomic E-state index is 0.0110. The van der Waals surface area contributed by atoms with Gasteiger partial charge in [0.2, 0.25) is 0 Å². The van der Waals surface area contributed by atoms with Gasteiger partial charge in [-0.3, -0.25) is 0 Å². The first kappa shape index (κ1) is 31.6. The van der Waals surface area contributed by atoms with Crippen LogP contribution in [0.5, 0.6) is 5.75 Å². The summed E-state index contributed by atoms with van der Waals surface area (Å²) in [6.07, 6.45) is 5.73. The second-order valence-electron chi connectivity index (χ2n) is 9.84. The highest BCUT2D eigenvalue weighted by Gasteiger charge is 2.35. The number of hydrogen-bond donors (Lipinski definition) is 4. The van der Waals surface area contributed by atoms with Crippen molar-refractivity contribution < 1.29 is 19.4 Å². The van der Waals surface area contributed by atoms with E-state index in [4.69, 9.17) is 9.15 Å². The molecule has 0 radical (unpaired) electrons. The molecule has 4 atom stereocenters. The quantitative estimate of drug-likeness (QED) is 0.208. The Hall–Kier alpha value is -2.64. The molecule has 0 bridgehead atoms. The standard InChI is InChI=1S/C17H27NO2.C15H21NO2/c1-6-11-17(19,13(4)18-8-3)15-9-10-16(20-5)14(7-2)12-15;1-4-15(17,11(3)16-5-2)13-6-7-14-12(10-13)8-9-18-14/h7,9-10,12-13,18-19H,2,6,8,11H2,1,3-5H3;6-11,16-17H,4-5H2,1-3H3. The second kappa shape index (κ2) is 14.5. The van der Waals surface area contributed by atoms with E-state index in [0.717, 1.165) is 52.9 Å². The summed E-state index contributed by atoms with van der Waals surface area (Å²) in [5, 5.41) is 29.7. The molecule has 4 unspecified atom stereocenters. The third kappa shape index (κ3) is 7.06. The van der Waals surface area contributed by atoms with E-state index in [1.807, 2.05) is 77.1 Å². The topological polar surface area (TPSA) is 86.9 Å². The third-order valence-electron chi connectivity index (χ3n) is 7.53. The molecule has 6 nitrogen and oxygen atoms in total. The molecule has 6 heteroatoms. The van der Waals surface area contributed by atoms with Gasteiger partial charge in [-0.15, -0.1) is 0 Å². The molecule has 4 N–H and O–H groups in total. The Balaban J connectivity index is 0.000000268. The molecule has 0 saturated heterocycles. The van der Waals surface area contributed by atoms with E-state index in [1.54, 1.807) is 19.4 Å². The number of nitrogens with one attached hydrogen (secondary N) is 2. The highest BCUT2D eigenvalue weighted by molar-refractivity contribution is 5.78. The monoisotopic (exact) mass is 524 g/mol. The highest BCUT2D eigenvalue weighted by Crippen LogP contribution is 2.34. The van der Waals surface area contributed by atoms with Crippen molar-refractivity contribution in [3.8, 4) is 5.75 Å². The van der Waals surface area contributed by atoms with Gasteiger partial charge in [0, 0.05) is 23.0 Å². The molecule has 3 rings (SSSR count). The van der Waals surface area contributed by atoms with E-state index in [1.165, 1.54) is 0 Å². The van der Waals surface area contributed by atoms with Gasteiger partial charge in [0.1, 0.15) is 22.5 Å². The van der Waals surface area contributed by atoms with Gasteiger partial charge < -0.3 is 30.0 Å². The molecule has 0 spiro atoms. The van der Waals surface area contributed by atoms with Gasteiger partial charge >= 0.3 is 0 Å². The Morgan fingerprint density at radius 1 is 0.921 bits per heavy atom. The Labute approximate surface area is 229 Å². The van der Waals surface area contributed by atoms with Crippen LogP contribution in [0.4, 0.5) is 0 Å². The number of methoxy groups -OCH3 is 1. The Bertz CT molecular complexity index is 1140. The maximum Gasteiger partial charge on any atom is 0.133 e. The Morgan fingerprint density at radius 2 is 1.53 bits per heavy atom. The maximum absolute atomic E-state index is 11.1. The smallest absolute Gasteiger partial charge is 0.133 e. The largest absolute Gasteiger partial charge is 0.496 e. The van der Waals surface area contributed by atoms with E-state index in [0.29, 0.717) is 12.8 Å². The van der Waals surface area contributed by atoms with Crippen molar-refractivity contribution in [3.05, 3.63) is 72.0 Å². The SMILES string of the molecule is C=Cc1cc(C(O)(CCC)C(C)NCC)ccc1OC.CCNC(C)C(O)(CC)c1ccc2occc2c1. The van der Waals surface area contributed by atoms with E-state index >= 15 is 0 Å². The first-order valence-electron chi connectivity index (χ1n) is 13.8. The van der Waals surface area contributed by atoms with Crippen LogP contribution in [-0.2, 0) is 11.2 Å². The average Bonchev–Trinajstić information content (AvgIpc) is 3.41. The highest BCUT2D eigenvalue weighted by atomic mass is 16.5. The van der Waals surface area contributed by atoms with Crippen LogP contribution in [0.2, 0.25) is 0 Å². The van der Waals surface area contributed by atoms with Gasteiger partial charge in [0.15, 0.2) is 0 Å². The van der Waals surface area contributed by atoms with Crippen LogP contribution in [0.25, 0.3) is 17.0 Å². The lowest BCUT2D eigenvalue weighted by Gasteiger charge is -2.35. The number of hydrogen-bond acceptors (Lipinski definition) is 6. The van der Waals surface area contributed by atoms with Crippen LogP contribution >= 0.6 is 0 Å². The van der Waals surface area contributed by atoms with E-state index < -0.39 is 11.2 Å². The molecule has 0 fully saturated rings. The average molecular weight is 525 g/mol. The normalized spacial score (nSPS) is 16.0. The third-order valence-corrected chi connectivity index (χ3v) is 7.53. The lowest BCUT2D eigenvalue weighted by Crippen LogP contribution is -2.46. The fourth-order valence-corrected chi connectivity index (χ4v) is 5.10. The van der Waals surface area contributed by atoms with Crippen molar-refractivity contribution >= 4 is 17.0 Å². The number of furan rings is 1. The molecular weight excluding hydrogens is 476 g/mol. The molecule has 0 amide bonds. The Kier molecular flexibility index (Phi) is 12.0. The van der Waals surface area contributed by atoms with E-state index in [-0.39, 0.29) is 12.1 Å². The predicted octanol–water partition coefficient (Wildman–Crippen LogP) is 6.35. The summed E-state index contributed by atoms with van der Waals surface area (Å²) in [5.74, 6) is 0.777. The van der Waals surface area contributed by atoms with E-state index in [9.17, 15) is 10.2 Å². The van der Waals surface area contributed by atoms with Crippen molar-refractivity contribution in [1.82, 2.24) is 10.6 Å². The minimum Gasteiger partial charge on any atom is -0.496 e. The summed E-state index contributed by atoms with van der Waals surface area (Å²) < 4.78 is 10.6. The van der Waals surface area contributed by atoms with Crippen LogP contribution < -0.4 is 15.4 Å². The van der Waals surface area contributed by atoms with E-state index in [2.05, 4.69) is 24.1 Å².